The summed E-state index contributed by atoms with van der Waals surface area (Å²) in [6, 6.07) is 0.525. The average Bonchev–Trinajstić information content (AvgIpc) is 2.24. The third kappa shape index (κ3) is 3.49. The summed E-state index contributed by atoms with van der Waals surface area (Å²) in [5.74, 6) is 0. The Labute approximate surface area is 114 Å². The van der Waals surface area contributed by atoms with Crippen molar-refractivity contribution in [2.45, 2.75) is 74.3 Å². The van der Waals surface area contributed by atoms with Crippen molar-refractivity contribution in [3.05, 3.63) is 0 Å². The van der Waals surface area contributed by atoms with Crippen molar-refractivity contribution in [2.24, 2.45) is 21.3 Å². The Balaban J connectivity index is 3.01. The molecule has 0 aromatic carbocycles. The predicted octanol–water partition coefficient (Wildman–Crippen LogP) is 4.56. The van der Waals surface area contributed by atoms with Crippen LogP contribution in [-0.2, 0) is 0 Å². The van der Waals surface area contributed by atoms with Gasteiger partial charge in [0.25, 0.3) is 0 Å². The van der Waals surface area contributed by atoms with E-state index in [1.165, 1.54) is 18.6 Å². The maximum Gasteiger partial charge on any atom is 0.0578 e. The molecule has 0 amide bonds. The molecule has 0 aromatic heterocycles. The Hall–Kier alpha value is -0.530. The highest BCUT2D eigenvalue weighted by Gasteiger charge is 2.47. The van der Waals surface area contributed by atoms with Crippen LogP contribution < -0.4 is 0 Å². The molecule has 0 bridgehead atoms. The molecule has 0 N–H and O–H groups in total. The Morgan fingerprint density at radius 1 is 1.11 bits per heavy atom. The van der Waals surface area contributed by atoms with E-state index in [1.807, 2.05) is 0 Å². The molecule has 0 saturated carbocycles. The highest BCUT2D eigenvalue weighted by Crippen LogP contribution is 2.46. The van der Waals surface area contributed by atoms with Gasteiger partial charge in [-0.25, -0.2) is 0 Å². The molecular weight excluding hydrogens is 220 g/mol. The second kappa shape index (κ2) is 4.54. The summed E-state index contributed by atoms with van der Waals surface area (Å²) < 4.78 is 0. The van der Waals surface area contributed by atoms with Gasteiger partial charge >= 0.3 is 0 Å². The molecule has 0 fully saturated rings. The summed E-state index contributed by atoms with van der Waals surface area (Å²) in [7, 11) is 2.13. The van der Waals surface area contributed by atoms with Crippen LogP contribution in [0.1, 0.15) is 68.2 Å². The van der Waals surface area contributed by atoms with E-state index in [1.54, 1.807) is 0 Å². The summed E-state index contributed by atoms with van der Waals surface area (Å²) in [4.78, 5) is 0. The molecule has 1 aliphatic rings. The molecule has 1 rings (SSSR count). The minimum atomic E-state index is 0.209. The summed E-state index contributed by atoms with van der Waals surface area (Å²) in [6.07, 6.45) is 2.39. The first-order valence-corrected chi connectivity index (χ1v) is 7.14. The van der Waals surface area contributed by atoms with Gasteiger partial charge in [0, 0.05) is 18.2 Å². The van der Waals surface area contributed by atoms with E-state index in [4.69, 9.17) is 5.10 Å². The standard InChI is InChI=1S/C16H32N2/c1-12-16(8,11-15(5,6)7)13(18(9)17-12)10-14(2,3)4/h13H,10-11H2,1-9H3. The third-order valence-electron chi connectivity index (χ3n) is 4.02. The summed E-state index contributed by atoms with van der Waals surface area (Å²) in [6.45, 7) is 18.6. The molecule has 0 aromatic rings. The van der Waals surface area contributed by atoms with Crippen LogP contribution in [0.3, 0.4) is 0 Å². The van der Waals surface area contributed by atoms with Gasteiger partial charge in [-0.15, -0.1) is 0 Å². The van der Waals surface area contributed by atoms with Gasteiger partial charge < -0.3 is 0 Å². The zero-order chi connectivity index (χ0) is 14.4. The van der Waals surface area contributed by atoms with Gasteiger partial charge in [-0.1, -0.05) is 48.5 Å². The van der Waals surface area contributed by atoms with Crippen LogP contribution in [0.2, 0.25) is 0 Å². The first-order valence-electron chi connectivity index (χ1n) is 7.14. The zero-order valence-corrected chi connectivity index (χ0v) is 13.9. The van der Waals surface area contributed by atoms with Gasteiger partial charge in [0.05, 0.1) is 6.04 Å². The van der Waals surface area contributed by atoms with Crippen molar-refractivity contribution in [3.8, 4) is 0 Å². The smallest absolute Gasteiger partial charge is 0.0578 e. The molecule has 1 heterocycles. The molecule has 1 aliphatic heterocycles. The van der Waals surface area contributed by atoms with Crippen molar-refractivity contribution in [2.75, 3.05) is 7.05 Å². The second-order valence-corrected chi connectivity index (χ2v) is 8.69. The monoisotopic (exact) mass is 252 g/mol. The summed E-state index contributed by atoms with van der Waals surface area (Å²) in [5.41, 5.74) is 2.19. The van der Waals surface area contributed by atoms with Gasteiger partial charge in [-0.05, 0) is 30.6 Å². The van der Waals surface area contributed by atoms with Crippen molar-refractivity contribution < 1.29 is 0 Å². The van der Waals surface area contributed by atoms with Gasteiger partial charge in [0.2, 0.25) is 0 Å². The summed E-state index contributed by atoms with van der Waals surface area (Å²) in [5, 5.41) is 6.94. The van der Waals surface area contributed by atoms with E-state index in [-0.39, 0.29) is 5.41 Å². The number of hydrogen-bond acceptors (Lipinski definition) is 2. The molecule has 0 spiro atoms. The molecule has 2 nitrogen and oxygen atoms in total. The normalized spacial score (nSPS) is 29.7. The molecular formula is C16H32N2. The first kappa shape index (κ1) is 15.5. The minimum absolute atomic E-state index is 0.209. The van der Waals surface area contributed by atoms with Crippen LogP contribution in [0, 0.1) is 16.2 Å². The molecule has 0 saturated heterocycles. The first-order chi connectivity index (χ1) is 7.85. The Morgan fingerprint density at radius 2 is 1.61 bits per heavy atom. The quantitative estimate of drug-likeness (QED) is 0.703. The van der Waals surface area contributed by atoms with Crippen molar-refractivity contribution in [1.82, 2.24) is 5.01 Å². The van der Waals surface area contributed by atoms with E-state index < -0.39 is 0 Å². The van der Waals surface area contributed by atoms with Crippen LogP contribution in [0.5, 0.6) is 0 Å². The van der Waals surface area contributed by atoms with Crippen LogP contribution in [0.25, 0.3) is 0 Å². The van der Waals surface area contributed by atoms with Crippen molar-refractivity contribution in [3.63, 3.8) is 0 Å². The van der Waals surface area contributed by atoms with Gasteiger partial charge in [-0.2, -0.15) is 5.10 Å². The van der Waals surface area contributed by atoms with Crippen LogP contribution >= 0.6 is 0 Å². The average molecular weight is 252 g/mol. The predicted molar refractivity (Wildman–Crippen MR) is 80.9 cm³/mol. The molecule has 106 valence electrons. The van der Waals surface area contributed by atoms with E-state index in [9.17, 15) is 0 Å². The van der Waals surface area contributed by atoms with Gasteiger partial charge in [0.15, 0.2) is 0 Å². The van der Waals surface area contributed by atoms with E-state index >= 15 is 0 Å². The fourth-order valence-corrected chi connectivity index (χ4v) is 3.36. The largest absolute Gasteiger partial charge is 0.296 e. The Morgan fingerprint density at radius 3 is 2.00 bits per heavy atom. The number of hydrazone groups is 1. The number of hydrogen-bond donors (Lipinski definition) is 0. The molecule has 2 heteroatoms. The maximum atomic E-state index is 4.74. The lowest BCUT2D eigenvalue weighted by atomic mass is 9.65. The van der Waals surface area contributed by atoms with E-state index in [0.717, 1.165) is 0 Å². The highest BCUT2D eigenvalue weighted by molar-refractivity contribution is 5.89. The van der Waals surface area contributed by atoms with E-state index in [0.29, 0.717) is 16.9 Å². The van der Waals surface area contributed by atoms with Gasteiger partial charge in [-0.3, -0.25) is 5.01 Å². The van der Waals surface area contributed by atoms with E-state index in [2.05, 4.69) is 67.4 Å². The Bertz CT molecular complexity index is 330. The minimum Gasteiger partial charge on any atom is -0.296 e. The van der Waals surface area contributed by atoms with Crippen LogP contribution in [0.15, 0.2) is 5.10 Å². The van der Waals surface area contributed by atoms with Crippen molar-refractivity contribution >= 4 is 5.71 Å². The van der Waals surface area contributed by atoms with Crippen molar-refractivity contribution in [1.29, 1.82) is 0 Å². The number of nitrogens with zero attached hydrogens (tertiary/aromatic N) is 2. The lowest BCUT2D eigenvalue weighted by Gasteiger charge is -2.41. The lowest BCUT2D eigenvalue weighted by Crippen LogP contribution is -2.44. The second-order valence-electron chi connectivity index (χ2n) is 8.69. The maximum absolute atomic E-state index is 4.74. The molecule has 18 heavy (non-hydrogen) atoms. The fraction of sp³-hybridized carbons (Fsp3) is 0.938. The topological polar surface area (TPSA) is 15.6 Å². The molecule has 2 atom stereocenters. The van der Waals surface area contributed by atoms with Crippen LogP contribution in [-0.4, -0.2) is 23.8 Å². The molecule has 2 unspecified atom stereocenters. The number of rotatable bonds is 2. The zero-order valence-electron chi connectivity index (χ0n) is 13.9. The lowest BCUT2D eigenvalue weighted by molar-refractivity contribution is 0.103. The molecule has 0 aliphatic carbocycles. The fourth-order valence-electron chi connectivity index (χ4n) is 3.36. The summed E-state index contributed by atoms with van der Waals surface area (Å²) >= 11 is 0. The molecule has 0 radical (unpaired) electrons. The van der Waals surface area contributed by atoms with Crippen LogP contribution in [0.4, 0.5) is 0 Å². The Kier molecular flexibility index (Phi) is 3.92. The SMILES string of the molecule is CC1=NN(C)C(CC(C)(C)C)C1(C)CC(C)(C)C. The highest BCUT2D eigenvalue weighted by atomic mass is 15.5. The van der Waals surface area contributed by atoms with Gasteiger partial charge in [0.1, 0.15) is 0 Å². The third-order valence-corrected chi connectivity index (χ3v) is 4.02.